The van der Waals surface area contributed by atoms with Gasteiger partial charge in [0, 0.05) is 12.0 Å². The predicted octanol–water partition coefficient (Wildman–Crippen LogP) is 2.92. The fourth-order valence-electron chi connectivity index (χ4n) is 3.29. The predicted molar refractivity (Wildman–Crippen MR) is 62.0 cm³/mol. The van der Waals surface area contributed by atoms with Gasteiger partial charge in [0.25, 0.3) is 6.28 Å². The number of nitrogens with zero attached hydrogens (tertiary/aromatic N) is 1. The van der Waals surface area contributed by atoms with E-state index in [1.807, 2.05) is 0 Å². The summed E-state index contributed by atoms with van der Waals surface area (Å²) in [6.07, 6.45) is 5.97. The summed E-state index contributed by atoms with van der Waals surface area (Å²) in [4.78, 5) is 0. The largest absolute Gasteiger partial charge is 0.424 e. The Labute approximate surface area is 87.1 Å². The molecule has 0 radical (unpaired) electrons. The quantitative estimate of drug-likeness (QED) is 0.629. The second-order valence-electron chi connectivity index (χ2n) is 4.90. The highest BCUT2D eigenvalue weighted by Gasteiger charge is 2.43. The third-order valence-electron chi connectivity index (χ3n) is 4.33. The molecular weight excluding hydrogens is 169 g/mol. The Kier molecular flexibility index (Phi) is 2.38. The van der Waals surface area contributed by atoms with Gasteiger partial charge < -0.3 is 4.48 Å². The third kappa shape index (κ3) is 1.20. The van der Waals surface area contributed by atoms with E-state index in [-0.39, 0.29) is 6.28 Å². The molecule has 0 bridgehead atoms. The molecule has 1 nitrogen and oxygen atoms in total. The number of pyridine rings is 1. The van der Waals surface area contributed by atoms with Gasteiger partial charge in [-0.15, -0.1) is 12.6 Å². The summed E-state index contributed by atoms with van der Waals surface area (Å²) in [6, 6.07) is 6.63. The molecule has 76 valence electrons. The lowest BCUT2D eigenvalue weighted by molar-refractivity contribution is -0.550. The third-order valence-corrected chi connectivity index (χ3v) is 4.33. The van der Waals surface area contributed by atoms with E-state index in [9.17, 15) is 0 Å². The number of hydrogen-bond donors (Lipinski definition) is 0. The first-order valence-corrected chi connectivity index (χ1v) is 5.94. The highest BCUT2D eigenvalue weighted by atomic mass is 14.9. The molecule has 2 heteroatoms. The standard InChI is InChI=1S/C12H20BN/c1-4-13(5-2)10-11(3)12-8-6-7-9-14(12)13/h6-9,11H,4-5,10H2,1-3H3. The molecule has 2 rings (SSSR count). The zero-order chi connectivity index (χ0) is 10.2. The number of aromatic nitrogens is 1. The first-order chi connectivity index (χ1) is 6.73. The second-order valence-corrected chi connectivity index (χ2v) is 4.90. The minimum atomic E-state index is -0.297. The van der Waals surface area contributed by atoms with Gasteiger partial charge in [0.1, 0.15) is 11.9 Å². The van der Waals surface area contributed by atoms with Gasteiger partial charge in [0.15, 0.2) is 0 Å². The molecule has 0 fully saturated rings. The van der Waals surface area contributed by atoms with Crippen molar-refractivity contribution in [1.82, 2.24) is 0 Å². The molecular formula is C12H20BN. The topological polar surface area (TPSA) is 3.88 Å². The van der Waals surface area contributed by atoms with Gasteiger partial charge in [0.2, 0.25) is 0 Å². The molecule has 0 spiro atoms. The molecule has 1 aromatic rings. The van der Waals surface area contributed by atoms with Gasteiger partial charge in [-0.3, -0.25) is 0 Å². The molecule has 1 aromatic heterocycles. The normalized spacial score (nSPS) is 23.5. The maximum Gasteiger partial charge on any atom is 0.278 e. The van der Waals surface area contributed by atoms with Crippen LogP contribution in [0.3, 0.4) is 0 Å². The monoisotopic (exact) mass is 189 g/mol. The molecule has 1 unspecified atom stereocenters. The fourth-order valence-corrected chi connectivity index (χ4v) is 3.29. The highest BCUT2D eigenvalue weighted by molar-refractivity contribution is 6.72. The molecule has 0 saturated heterocycles. The SMILES string of the molecule is CC[B-]1(CC)CC(C)c2cccc[n+]21. The van der Waals surface area contributed by atoms with E-state index in [4.69, 9.17) is 0 Å². The van der Waals surface area contributed by atoms with Crippen LogP contribution in [-0.4, -0.2) is 6.28 Å². The van der Waals surface area contributed by atoms with E-state index in [2.05, 4.69) is 49.6 Å². The summed E-state index contributed by atoms with van der Waals surface area (Å²) in [5.41, 5.74) is 1.54. The van der Waals surface area contributed by atoms with Crippen molar-refractivity contribution in [3.63, 3.8) is 0 Å². The van der Waals surface area contributed by atoms with Crippen LogP contribution in [0.2, 0.25) is 19.0 Å². The van der Waals surface area contributed by atoms with Gasteiger partial charge in [-0.25, -0.2) is 0 Å². The molecule has 0 amide bonds. The van der Waals surface area contributed by atoms with Crippen LogP contribution in [-0.2, 0) is 0 Å². The molecule has 1 aliphatic rings. The summed E-state index contributed by atoms with van der Waals surface area (Å²) in [6.45, 7) is 7.04. The Morgan fingerprint density at radius 3 is 2.71 bits per heavy atom. The van der Waals surface area contributed by atoms with Crippen LogP contribution >= 0.6 is 0 Å². The molecule has 1 atom stereocenters. The maximum absolute atomic E-state index is 2.57. The van der Waals surface area contributed by atoms with Crippen molar-refractivity contribution in [2.45, 2.75) is 45.6 Å². The lowest BCUT2D eigenvalue weighted by Gasteiger charge is -2.26. The summed E-state index contributed by atoms with van der Waals surface area (Å²) in [5.74, 6) is 0.746. The van der Waals surface area contributed by atoms with Gasteiger partial charge >= 0.3 is 0 Å². The van der Waals surface area contributed by atoms with Crippen LogP contribution in [0.4, 0.5) is 0 Å². The van der Waals surface area contributed by atoms with Crippen LogP contribution in [0, 0.1) is 0 Å². The zero-order valence-corrected chi connectivity index (χ0v) is 9.53. The molecule has 0 aliphatic carbocycles. The van der Waals surface area contributed by atoms with Crippen LogP contribution in [0.15, 0.2) is 24.4 Å². The number of hydrogen-bond acceptors (Lipinski definition) is 0. The summed E-state index contributed by atoms with van der Waals surface area (Å²) < 4.78 is 2.57. The summed E-state index contributed by atoms with van der Waals surface area (Å²) in [5, 5.41) is 0. The van der Waals surface area contributed by atoms with Crippen molar-refractivity contribution >= 4 is 6.28 Å². The number of rotatable bonds is 2. The van der Waals surface area contributed by atoms with E-state index in [1.54, 1.807) is 0 Å². The van der Waals surface area contributed by atoms with E-state index in [0.717, 1.165) is 5.92 Å². The first-order valence-electron chi connectivity index (χ1n) is 5.94. The Bertz CT molecular complexity index is 331. The molecule has 14 heavy (non-hydrogen) atoms. The Morgan fingerprint density at radius 2 is 2.07 bits per heavy atom. The zero-order valence-electron chi connectivity index (χ0n) is 9.53. The van der Waals surface area contributed by atoms with Crippen LogP contribution in [0.25, 0.3) is 0 Å². The van der Waals surface area contributed by atoms with Crippen molar-refractivity contribution in [2.24, 2.45) is 0 Å². The fraction of sp³-hybridized carbons (Fsp3) is 0.583. The smallest absolute Gasteiger partial charge is 0.278 e. The van der Waals surface area contributed by atoms with Crippen molar-refractivity contribution in [1.29, 1.82) is 0 Å². The van der Waals surface area contributed by atoms with E-state index in [0.29, 0.717) is 0 Å². The van der Waals surface area contributed by atoms with Gasteiger partial charge in [-0.1, -0.05) is 33.2 Å². The maximum atomic E-state index is 2.57. The average Bonchev–Trinajstić information content (AvgIpc) is 2.53. The van der Waals surface area contributed by atoms with Gasteiger partial charge in [-0.05, 0) is 6.07 Å². The van der Waals surface area contributed by atoms with E-state index < -0.39 is 0 Å². The first kappa shape index (κ1) is 9.76. The molecule has 0 saturated carbocycles. The van der Waals surface area contributed by atoms with Crippen LogP contribution < -0.4 is 4.48 Å². The summed E-state index contributed by atoms with van der Waals surface area (Å²) >= 11 is 0. The minimum absolute atomic E-state index is 0.297. The number of fused-ring (bicyclic) bond motifs is 1. The van der Waals surface area contributed by atoms with Crippen molar-refractivity contribution in [2.75, 3.05) is 0 Å². The van der Waals surface area contributed by atoms with Gasteiger partial charge in [-0.2, -0.15) is 0 Å². The average molecular weight is 189 g/mol. The summed E-state index contributed by atoms with van der Waals surface area (Å²) in [7, 11) is 0. The van der Waals surface area contributed by atoms with Crippen molar-refractivity contribution in [3.8, 4) is 0 Å². The Hall–Kier alpha value is -0.785. The van der Waals surface area contributed by atoms with Gasteiger partial charge in [0.05, 0.1) is 0 Å². The van der Waals surface area contributed by atoms with Crippen molar-refractivity contribution in [3.05, 3.63) is 30.1 Å². The second kappa shape index (κ2) is 3.41. The minimum Gasteiger partial charge on any atom is -0.424 e. The van der Waals surface area contributed by atoms with Crippen molar-refractivity contribution < 1.29 is 4.48 Å². The van der Waals surface area contributed by atoms with Crippen LogP contribution in [0.5, 0.6) is 0 Å². The Balaban J connectivity index is 2.52. The Morgan fingerprint density at radius 1 is 1.36 bits per heavy atom. The molecule has 0 N–H and O–H groups in total. The van der Waals surface area contributed by atoms with E-state index >= 15 is 0 Å². The van der Waals surface area contributed by atoms with E-state index in [1.165, 1.54) is 24.7 Å². The highest BCUT2D eigenvalue weighted by Crippen LogP contribution is 2.33. The molecule has 1 aliphatic heterocycles. The molecule has 2 heterocycles. The van der Waals surface area contributed by atoms with Crippen LogP contribution in [0.1, 0.15) is 32.4 Å². The molecule has 0 aromatic carbocycles. The lowest BCUT2D eigenvalue weighted by Crippen LogP contribution is -2.61. The lowest BCUT2D eigenvalue weighted by atomic mass is 9.30.